The lowest BCUT2D eigenvalue weighted by molar-refractivity contribution is 0.0638. The molecule has 0 spiro atoms. The smallest absolute Gasteiger partial charge is 0.374 e. The normalized spacial score (nSPS) is 14.1. The van der Waals surface area contributed by atoms with Crippen LogP contribution in [0.25, 0.3) is 0 Å². The highest BCUT2D eigenvalue weighted by atomic mass is 79.9. The zero-order chi connectivity index (χ0) is 12.4. The highest BCUT2D eigenvalue weighted by Crippen LogP contribution is 2.23. The number of alkyl halides is 1. The Balaban J connectivity index is 4.37. The number of hydrogen-bond donors (Lipinski definition) is 0. The molecule has 1 unspecified atom stereocenters. The lowest BCUT2D eigenvalue weighted by Crippen LogP contribution is -2.47. The minimum absolute atomic E-state index is 0.0149. The molecule has 5 heteroatoms. The van der Waals surface area contributed by atoms with Gasteiger partial charge in [0.25, 0.3) is 0 Å². The monoisotopic (exact) mass is 312 g/mol. The van der Waals surface area contributed by atoms with Crippen LogP contribution in [0.2, 0.25) is 6.04 Å². The third-order valence-corrected chi connectivity index (χ3v) is 5.82. The Hall–Kier alpha value is 0.577. The van der Waals surface area contributed by atoms with Crippen LogP contribution < -0.4 is 0 Å². The Morgan fingerprint density at radius 2 is 1.62 bits per heavy atom. The lowest BCUT2D eigenvalue weighted by Gasteiger charge is -2.30. The summed E-state index contributed by atoms with van der Waals surface area (Å²) in [5.74, 6) is 0. The Labute approximate surface area is 109 Å². The molecule has 0 aliphatic rings. The molecule has 1 atom stereocenters. The summed E-state index contributed by atoms with van der Waals surface area (Å²) in [5.41, 5.74) is 0. The van der Waals surface area contributed by atoms with Crippen molar-refractivity contribution in [3.8, 4) is 0 Å². The fraction of sp³-hybridized carbons (Fsp3) is 1.00. The topological polar surface area (TPSA) is 27.7 Å². The molecular formula is C11H25BrO3Si. The van der Waals surface area contributed by atoms with E-state index in [2.05, 4.69) is 22.9 Å². The molecule has 0 aromatic rings. The number of unbranched alkanes of at least 4 members (excludes halogenated alkanes) is 2. The third-order valence-electron chi connectivity index (χ3n) is 2.16. The predicted octanol–water partition coefficient (Wildman–Crippen LogP) is 3.95. The van der Waals surface area contributed by atoms with Gasteiger partial charge in [-0.2, -0.15) is 0 Å². The van der Waals surface area contributed by atoms with Gasteiger partial charge >= 0.3 is 8.80 Å². The Morgan fingerprint density at radius 1 is 1.06 bits per heavy atom. The molecule has 0 amide bonds. The highest BCUT2D eigenvalue weighted by Gasteiger charge is 2.41. The lowest BCUT2D eigenvalue weighted by atomic mass is 10.3. The van der Waals surface area contributed by atoms with Crippen LogP contribution in [-0.4, -0.2) is 27.0 Å². The Morgan fingerprint density at radius 3 is 2.00 bits per heavy atom. The number of hydrogen-bond acceptors (Lipinski definition) is 3. The zero-order valence-electron chi connectivity index (χ0n) is 10.9. The van der Waals surface area contributed by atoms with Crippen LogP contribution in [-0.2, 0) is 13.3 Å². The van der Waals surface area contributed by atoms with E-state index in [1.54, 1.807) is 0 Å². The van der Waals surface area contributed by atoms with Gasteiger partial charge in [0.2, 0.25) is 0 Å². The largest absolute Gasteiger partial charge is 0.501 e. The molecule has 0 rings (SSSR count). The van der Waals surface area contributed by atoms with Gasteiger partial charge in [-0.15, -0.1) is 0 Å². The summed E-state index contributed by atoms with van der Waals surface area (Å²) in [6.45, 7) is 9.43. The molecule has 0 fully saturated rings. The standard InChI is InChI=1S/C11H25BrO3Si/c1-5-8-9-10-16(13-6-2,14-7-3)15-11(4)12/h11H,5-10H2,1-4H3. The van der Waals surface area contributed by atoms with Gasteiger partial charge in [0, 0.05) is 19.3 Å². The fourth-order valence-corrected chi connectivity index (χ4v) is 5.13. The molecule has 0 N–H and O–H groups in total. The maximum Gasteiger partial charge on any atom is 0.501 e. The van der Waals surface area contributed by atoms with E-state index in [1.165, 1.54) is 12.8 Å². The van der Waals surface area contributed by atoms with Crippen LogP contribution in [0.15, 0.2) is 0 Å². The van der Waals surface area contributed by atoms with E-state index >= 15 is 0 Å². The third kappa shape index (κ3) is 7.01. The van der Waals surface area contributed by atoms with Gasteiger partial charge in [0.1, 0.15) is 5.01 Å². The Kier molecular flexibility index (Phi) is 9.94. The highest BCUT2D eigenvalue weighted by molar-refractivity contribution is 9.09. The van der Waals surface area contributed by atoms with Crippen molar-refractivity contribution >= 4 is 24.7 Å². The van der Waals surface area contributed by atoms with Gasteiger partial charge < -0.3 is 13.3 Å². The molecule has 0 aromatic heterocycles. The Bertz CT molecular complexity index is 161. The molecule has 0 bridgehead atoms. The van der Waals surface area contributed by atoms with E-state index in [9.17, 15) is 0 Å². The van der Waals surface area contributed by atoms with Crippen molar-refractivity contribution in [3.63, 3.8) is 0 Å². The van der Waals surface area contributed by atoms with E-state index in [0.717, 1.165) is 12.5 Å². The summed E-state index contributed by atoms with van der Waals surface area (Å²) in [6.07, 6.45) is 3.52. The van der Waals surface area contributed by atoms with Gasteiger partial charge in [-0.25, -0.2) is 0 Å². The van der Waals surface area contributed by atoms with Gasteiger partial charge in [-0.1, -0.05) is 35.7 Å². The van der Waals surface area contributed by atoms with Gasteiger partial charge in [0.15, 0.2) is 0 Å². The fourth-order valence-electron chi connectivity index (χ4n) is 1.59. The first-order valence-electron chi connectivity index (χ1n) is 6.20. The molecule has 98 valence electrons. The maximum absolute atomic E-state index is 5.88. The maximum atomic E-state index is 5.88. The molecule has 16 heavy (non-hydrogen) atoms. The molecule has 0 aliphatic carbocycles. The van der Waals surface area contributed by atoms with Crippen LogP contribution in [0.5, 0.6) is 0 Å². The molecule has 0 aromatic carbocycles. The second-order valence-corrected chi connectivity index (χ2v) is 7.64. The second kappa shape index (κ2) is 9.59. The first-order chi connectivity index (χ1) is 7.60. The minimum Gasteiger partial charge on any atom is -0.374 e. The minimum atomic E-state index is -2.44. The zero-order valence-corrected chi connectivity index (χ0v) is 13.5. The summed E-state index contributed by atoms with van der Waals surface area (Å²) in [4.78, 5) is 0. The molecule has 3 nitrogen and oxygen atoms in total. The first kappa shape index (κ1) is 16.6. The molecular weight excluding hydrogens is 288 g/mol. The van der Waals surface area contributed by atoms with Crippen LogP contribution in [0, 0.1) is 0 Å². The average molecular weight is 313 g/mol. The van der Waals surface area contributed by atoms with E-state index in [0.29, 0.717) is 13.2 Å². The second-order valence-electron chi connectivity index (χ2n) is 3.67. The van der Waals surface area contributed by atoms with Gasteiger partial charge in [0.05, 0.1) is 0 Å². The van der Waals surface area contributed by atoms with Crippen molar-refractivity contribution in [1.29, 1.82) is 0 Å². The predicted molar refractivity (Wildman–Crippen MR) is 72.8 cm³/mol. The van der Waals surface area contributed by atoms with E-state index in [-0.39, 0.29) is 5.01 Å². The molecule has 0 heterocycles. The quantitative estimate of drug-likeness (QED) is 0.347. The number of halogens is 1. The summed E-state index contributed by atoms with van der Waals surface area (Å²) >= 11 is 3.41. The van der Waals surface area contributed by atoms with Crippen molar-refractivity contribution in [2.75, 3.05) is 13.2 Å². The van der Waals surface area contributed by atoms with Crippen LogP contribution in [0.3, 0.4) is 0 Å². The van der Waals surface area contributed by atoms with Crippen molar-refractivity contribution in [1.82, 2.24) is 0 Å². The molecule has 0 radical (unpaired) electrons. The number of rotatable bonds is 10. The summed E-state index contributed by atoms with van der Waals surface area (Å²) in [7, 11) is -2.44. The van der Waals surface area contributed by atoms with E-state index < -0.39 is 8.80 Å². The average Bonchev–Trinajstić information content (AvgIpc) is 2.17. The van der Waals surface area contributed by atoms with Crippen molar-refractivity contribution < 1.29 is 13.3 Å². The van der Waals surface area contributed by atoms with Gasteiger partial charge in [-0.3, -0.25) is 0 Å². The summed E-state index contributed by atoms with van der Waals surface area (Å²) in [6, 6.07) is 0.915. The summed E-state index contributed by atoms with van der Waals surface area (Å²) < 4.78 is 17.5. The van der Waals surface area contributed by atoms with E-state index in [4.69, 9.17) is 13.3 Å². The van der Waals surface area contributed by atoms with Crippen LogP contribution in [0.1, 0.15) is 47.0 Å². The van der Waals surface area contributed by atoms with Crippen molar-refractivity contribution in [3.05, 3.63) is 0 Å². The first-order valence-corrected chi connectivity index (χ1v) is 9.04. The molecule has 0 aliphatic heterocycles. The van der Waals surface area contributed by atoms with Crippen LogP contribution >= 0.6 is 15.9 Å². The van der Waals surface area contributed by atoms with Crippen LogP contribution in [0.4, 0.5) is 0 Å². The molecule has 0 saturated heterocycles. The SMILES string of the molecule is CCCCC[Si](OCC)(OCC)OC(C)Br. The van der Waals surface area contributed by atoms with E-state index in [1.807, 2.05) is 20.8 Å². The van der Waals surface area contributed by atoms with Crippen molar-refractivity contribution in [2.24, 2.45) is 0 Å². The van der Waals surface area contributed by atoms with Crippen molar-refractivity contribution in [2.45, 2.75) is 58.0 Å². The summed E-state index contributed by atoms with van der Waals surface area (Å²) in [5, 5.41) is -0.0149. The van der Waals surface area contributed by atoms with Gasteiger partial charge in [-0.05, 0) is 27.2 Å². The molecule has 0 saturated carbocycles.